The highest BCUT2D eigenvalue weighted by molar-refractivity contribution is 6.02. The first-order valence-electron chi connectivity index (χ1n) is 33.1. The molecule has 3 heterocycles. The highest BCUT2D eigenvalue weighted by atomic mass is 16.6. The Morgan fingerprint density at radius 3 is 1.10 bits per heavy atom. The number of carbonyl (C=O) groups is 12. The van der Waals surface area contributed by atoms with Crippen molar-refractivity contribution in [2.24, 2.45) is 111 Å². The van der Waals surface area contributed by atoms with Crippen LogP contribution in [0.5, 0.6) is 0 Å². The van der Waals surface area contributed by atoms with E-state index in [9.17, 15) is 83.1 Å². The minimum atomic E-state index is -2.24. The van der Waals surface area contributed by atoms with E-state index in [0.29, 0.717) is 0 Å². The Morgan fingerprint density at radius 1 is 0.430 bits per heavy atom. The Hall–Kier alpha value is -12.5. The third-order valence-corrected chi connectivity index (χ3v) is 15.6. The summed E-state index contributed by atoms with van der Waals surface area (Å²) in [4.78, 5) is 199. The van der Waals surface area contributed by atoms with Gasteiger partial charge in [0.2, 0.25) is 47.3 Å². The minimum absolute atomic E-state index is 0.00345. The van der Waals surface area contributed by atoms with Gasteiger partial charge in [-0.25, -0.2) is 19.7 Å². The third kappa shape index (κ3) is 31.2. The zero-order valence-corrected chi connectivity index (χ0v) is 58.3. The number of aromatic nitrogens is 4. The van der Waals surface area contributed by atoms with E-state index in [1.54, 1.807) is 0 Å². The summed E-state index contributed by atoms with van der Waals surface area (Å²) in [6, 6.07) is -11.2. The smallest absolute Gasteiger partial charge is 0.326 e. The van der Waals surface area contributed by atoms with E-state index in [2.05, 4.69) is 87.4 Å². The fourth-order valence-electron chi connectivity index (χ4n) is 10.0. The number of hydrogen-bond donors (Lipinski definition) is 27. The van der Waals surface area contributed by atoms with E-state index < -0.39 is 163 Å². The van der Waals surface area contributed by atoms with Crippen molar-refractivity contribution in [2.75, 3.05) is 58.1 Å². The normalized spacial score (nSPS) is 16.9. The molecule has 0 saturated carbocycles. The van der Waals surface area contributed by atoms with Gasteiger partial charge in [0.1, 0.15) is 66.3 Å². The molecule has 9 amide bonds. The van der Waals surface area contributed by atoms with Gasteiger partial charge in [-0.2, -0.15) is 0 Å². The van der Waals surface area contributed by atoms with Gasteiger partial charge in [0, 0.05) is 52.4 Å². The Labute approximate surface area is 609 Å². The number of aliphatic carboxylic acids is 3. The Bertz CT molecular complexity index is 3590. The Balaban J connectivity index is 1.91. The maximum Gasteiger partial charge on any atom is 0.326 e. The van der Waals surface area contributed by atoms with Crippen molar-refractivity contribution in [1.29, 1.82) is 0 Å². The van der Waals surface area contributed by atoms with E-state index in [0.717, 1.165) is 24.1 Å². The molecule has 40 N–H and O–H groups in total. The first-order chi connectivity index (χ1) is 50.4. The Kier molecular flexibility index (Phi) is 37.2. The molecule has 107 heavy (non-hydrogen) atoms. The van der Waals surface area contributed by atoms with Gasteiger partial charge in [0.25, 0.3) is 5.91 Å². The first-order valence-corrected chi connectivity index (χ1v) is 33.1. The fraction of sp³-hybridized carbons (Fsp3) is 0.596. The number of nitrogens with zero attached hydrogens (tertiary/aromatic N) is 10. The van der Waals surface area contributed by atoms with Crippen molar-refractivity contribution < 1.29 is 87.8 Å². The number of rotatable bonds is 48. The number of aliphatic imine (C=N–C) groups is 6. The number of anilines is 1. The van der Waals surface area contributed by atoms with Crippen molar-refractivity contribution in [2.45, 2.75) is 151 Å². The number of nitrogens with two attached hydrogens (primary N) is 13. The van der Waals surface area contributed by atoms with Crippen LogP contribution in [0.1, 0.15) is 90.2 Å². The van der Waals surface area contributed by atoms with Gasteiger partial charge in [0.15, 0.2) is 71.4 Å². The molecular weight excluding hydrogens is 1420 g/mol. The second kappa shape index (κ2) is 44.9. The van der Waals surface area contributed by atoms with Gasteiger partial charge >= 0.3 is 17.9 Å². The second-order valence-corrected chi connectivity index (χ2v) is 23.9. The fourth-order valence-corrected chi connectivity index (χ4v) is 10.0. The molecule has 13 atom stereocenters. The lowest BCUT2D eigenvalue weighted by molar-refractivity contribution is -0.148. The number of fused-ring (bicyclic) bond motifs is 1. The predicted octanol–water partition coefficient (Wildman–Crippen LogP) is -13.5. The molecule has 1 saturated heterocycles. The third-order valence-electron chi connectivity index (χ3n) is 15.6. The molecule has 594 valence electrons. The molecule has 0 aliphatic carbocycles. The standard InChI is InChI=1S/C57H98N32O18/c1-24(82-41(94)26(50(103)104)21-77-40(93)25(49(101)102)20-78-47(100)36-34(90)35(91)48(107-36)89-23-81-33-37(58)79-22-80-38(33)89)39(92)83-27(8-2-14-71-52(59)60)42(95)84-28(9-3-15-72-53(61)62)43(96)85-29(10-4-16-73-54(63)64)44(97)86-30(11-5-17-74-55(65)66)45(98)87-31(12-6-18-75-56(67)68)46(99)88-32(51(105)106)13-7-19-76-57(69)70/h22-32,34-36,48,90-91H,2-21H2,1H3,(H,77,93)(H,78,100)(H,82,94)(H,83,92)(H,84,95)(H,85,96)(H,86,97)(H,87,98)(H,88,99)(H,101,102)(H,103,104)(H,105,106)(H2,58,79,80)(H4,59,60,71)(H4,61,62,72)(H4,63,64,73)(H4,65,66,74)(H4,67,68,75)(H4,69,70,76). The summed E-state index contributed by atoms with van der Waals surface area (Å²) in [5.41, 5.74) is 72.0. The number of imidazole rings is 1. The van der Waals surface area contributed by atoms with Crippen molar-refractivity contribution in [3.63, 3.8) is 0 Å². The maximum atomic E-state index is 14.7. The zero-order valence-electron chi connectivity index (χ0n) is 58.3. The van der Waals surface area contributed by atoms with E-state index >= 15 is 0 Å². The van der Waals surface area contributed by atoms with E-state index in [-0.39, 0.29) is 169 Å². The van der Waals surface area contributed by atoms with Crippen molar-refractivity contribution in [3.8, 4) is 0 Å². The highest BCUT2D eigenvalue weighted by Gasteiger charge is 2.48. The number of nitrogen functional groups attached to an aromatic ring is 1. The topological polar surface area (TPSA) is 880 Å². The summed E-state index contributed by atoms with van der Waals surface area (Å²) in [6.45, 7) is -1.54. The lowest BCUT2D eigenvalue weighted by Gasteiger charge is -2.28. The zero-order chi connectivity index (χ0) is 80.2. The summed E-state index contributed by atoms with van der Waals surface area (Å²) < 4.78 is 6.75. The lowest BCUT2D eigenvalue weighted by Crippen LogP contribution is -2.60. The van der Waals surface area contributed by atoms with Crippen LogP contribution in [0.2, 0.25) is 0 Å². The summed E-state index contributed by atoms with van der Waals surface area (Å²) in [6.07, 6.45) is -6.23. The molecule has 1 aliphatic heterocycles. The number of hydrogen-bond acceptors (Lipinski definition) is 25. The number of ether oxygens (including phenoxy) is 1. The number of nitrogens with one attached hydrogen (secondary N) is 9. The van der Waals surface area contributed by atoms with Crippen LogP contribution < -0.4 is 122 Å². The van der Waals surface area contributed by atoms with Gasteiger partial charge in [-0.1, -0.05) is 0 Å². The number of aliphatic hydroxyl groups excluding tert-OH is 2. The molecule has 50 nitrogen and oxygen atoms in total. The number of carbonyl (C=O) groups excluding carboxylic acids is 9. The van der Waals surface area contributed by atoms with Gasteiger partial charge in [-0.15, -0.1) is 0 Å². The van der Waals surface area contributed by atoms with E-state index in [1.165, 1.54) is 0 Å². The van der Waals surface area contributed by atoms with Gasteiger partial charge in [-0.05, 0) is 84.0 Å². The van der Waals surface area contributed by atoms with Crippen LogP contribution in [0.3, 0.4) is 0 Å². The van der Waals surface area contributed by atoms with Crippen LogP contribution in [0.25, 0.3) is 11.2 Å². The molecule has 3 rings (SSSR count). The van der Waals surface area contributed by atoms with Gasteiger partial charge in [0.05, 0.1) is 6.33 Å². The molecule has 0 aromatic carbocycles. The summed E-state index contributed by atoms with van der Waals surface area (Å²) in [5, 5.41) is 72.9. The first kappa shape index (κ1) is 88.7. The van der Waals surface area contributed by atoms with Crippen LogP contribution >= 0.6 is 0 Å². The average Bonchev–Trinajstić information content (AvgIpc) is 1.62. The van der Waals surface area contributed by atoms with E-state index in [4.69, 9.17) is 79.3 Å². The lowest BCUT2D eigenvalue weighted by atomic mass is 10.0. The van der Waals surface area contributed by atoms with Crippen molar-refractivity contribution in [3.05, 3.63) is 12.7 Å². The predicted molar refractivity (Wildman–Crippen MR) is 380 cm³/mol. The summed E-state index contributed by atoms with van der Waals surface area (Å²) >= 11 is 0. The Morgan fingerprint density at radius 2 is 0.757 bits per heavy atom. The molecule has 2 aromatic rings. The number of carboxylic acids is 3. The molecule has 1 aliphatic rings. The molecule has 50 heteroatoms. The molecule has 0 bridgehead atoms. The monoisotopic (exact) mass is 1520 g/mol. The number of aliphatic hydroxyl groups is 2. The van der Waals surface area contributed by atoms with Crippen molar-refractivity contribution >= 4 is 124 Å². The number of guanidine groups is 6. The quantitative estimate of drug-likeness (QED) is 0.0127. The van der Waals surface area contributed by atoms with Crippen molar-refractivity contribution in [1.82, 2.24) is 67.4 Å². The second-order valence-electron chi connectivity index (χ2n) is 23.9. The molecule has 13 unspecified atom stereocenters. The summed E-state index contributed by atoms with van der Waals surface area (Å²) in [7, 11) is 0. The molecule has 1 fully saturated rings. The maximum absolute atomic E-state index is 14.7. The van der Waals surface area contributed by atoms with Crippen LogP contribution in [0.15, 0.2) is 42.6 Å². The average molecular weight is 1520 g/mol. The molecular formula is C57H98N32O18. The van der Waals surface area contributed by atoms with E-state index in [1.807, 2.05) is 5.32 Å². The van der Waals surface area contributed by atoms with Crippen LogP contribution in [0, 0.1) is 11.8 Å². The molecule has 0 radical (unpaired) electrons. The largest absolute Gasteiger partial charge is 0.481 e. The molecule has 0 spiro atoms. The minimum Gasteiger partial charge on any atom is -0.481 e. The van der Waals surface area contributed by atoms with Crippen LogP contribution in [0.4, 0.5) is 5.82 Å². The van der Waals surface area contributed by atoms with Crippen LogP contribution in [-0.2, 0) is 62.3 Å². The summed E-state index contributed by atoms with van der Waals surface area (Å²) in [5.74, 6) is -21.9. The number of amides is 9. The molecule has 2 aromatic heterocycles. The highest BCUT2D eigenvalue weighted by Crippen LogP contribution is 2.32. The van der Waals surface area contributed by atoms with Crippen LogP contribution in [-0.4, -0.2) is 265 Å². The van der Waals surface area contributed by atoms with Gasteiger partial charge < -0.3 is 153 Å². The SMILES string of the molecule is CC(NC(=O)C(CNC(=O)C(CNC(=O)C1OC(n2cnc3c(N)ncnc32)C(O)C1O)C(=O)O)C(=O)O)C(=O)NC(CCCN=C(N)N)C(=O)NC(CCCN=C(N)N)C(=O)NC(CCCN=C(N)N)C(=O)NC(CCCN=C(N)N)C(=O)NC(CCCN=C(N)N)C(=O)NC(CCCN=C(N)N)C(=O)O. The van der Waals surface area contributed by atoms with Gasteiger partial charge in [-0.3, -0.25) is 87.3 Å². The number of carboxylic acid groups (broad SMARTS) is 3.